The lowest BCUT2D eigenvalue weighted by atomic mass is 9.95. The summed E-state index contributed by atoms with van der Waals surface area (Å²) in [4.78, 5) is 34.0. The molecule has 4 aromatic rings. The zero-order valence-corrected chi connectivity index (χ0v) is 24.1. The van der Waals surface area contributed by atoms with Crippen LogP contribution in [0.4, 0.5) is 5.82 Å². The lowest BCUT2D eigenvalue weighted by Gasteiger charge is -2.22. The lowest BCUT2D eigenvalue weighted by Crippen LogP contribution is -2.36. The topological polar surface area (TPSA) is 118 Å². The van der Waals surface area contributed by atoms with Gasteiger partial charge in [-0.05, 0) is 49.1 Å². The van der Waals surface area contributed by atoms with Gasteiger partial charge in [-0.2, -0.15) is 0 Å². The standard InChI is InChI=1S/C33H39N5O4/c1-2-9-29-36-27-18-19-28(34-21-20-30(39)35-25-12-7-4-8-13-25)37-32(27)38(29)22-23-14-16-26(17-15-23)42-31(33(40)41)24-10-5-3-6-11-24/h3,5-6,10-11,14-19,25,31H,2,4,7-9,12-13,20-22H2,1H3,(H,34,37)(H,35,39)(H,40,41). The Labute approximate surface area is 246 Å². The van der Waals surface area contributed by atoms with Gasteiger partial charge in [0, 0.05) is 31.0 Å². The van der Waals surface area contributed by atoms with Crippen molar-refractivity contribution in [3.8, 4) is 5.75 Å². The first kappa shape index (κ1) is 29.1. The van der Waals surface area contributed by atoms with Gasteiger partial charge in [0.25, 0.3) is 0 Å². The maximum absolute atomic E-state index is 12.4. The highest BCUT2D eigenvalue weighted by atomic mass is 16.5. The number of carbonyl (C=O) groups is 2. The lowest BCUT2D eigenvalue weighted by molar-refractivity contribution is -0.145. The first-order valence-corrected chi connectivity index (χ1v) is 14.9. The van der Waals surface area contributed by atoms with E-state index in [1.807, 2.05) is 30.3 Å². The fourth-order valence-corrected chi connectivity index (χ4v) is 5.46. The molecule has 9 heteroatoms. The molecule has 9 nitrogen and oxygen atoms in total. The summed E-state index contributed by atoms with van der Waals surface area (Å²) in [5.41, 5.74) is 3.21. The first-order chi connectivity index (χ1) is 20.5. The van der Waals surface area contributed by atoms with Crippen LogP contribution in [-0.4, -0.2) is 44.1 Å². The molecular weight excluding hydrogens is 530 g/mol. The SMILES string of the molecule is CCCc1nc2ccc(NCCC(=O)NC3CCCCC3)nc2n1Cc1ccc(OC(C(=O)O)c2ccccc2)cc1. The summed E-state index contributed by atoms with van der Waals surface area (Å²) in [7, 11) is 0. The second-order valence-electron chi connectivity index (χ2n) is 10.9. The Morgan fingerprint density at radius 1 is 1.00 bits per heavy atom. The van der Waals surface area contributed by atoms with E-state index >= 15 is 0 Å². The maximum atomic E-state index is 12.4. The van der Waals surface area contributed by atoms with Gasteiger partial charge >= 0.3 is 5.97 Å². The van der Waals surface area contributed by atoms with Crippen LogP contribution in [0.25, 0.3) is 11.2 Å². The number of nitrogens with one attached hydrogen (secondary N) is 2. The molecular formula is C33H39N5O4. The van der Waals surface area contributed by atoms with E-state index in [4.69, 9.17) is 14.7 Å². The van der Waals surface area contributed by atoms with E-state index in [1.54, 1.807) is 36.4 Å². The summed E-state index contributed by atoms with van der Waals surface area (Å²) < 4.78 is 7.95. The van der Waals surface area contributed by atoms with Crippen LogP contribution < -0.4 is 15.4 Å². The molecule has 1 aliphatic rings. The molecule has 0 spiro atoms. The third kappa shape index (κ3) is 7.46. The van der Waals surface area contributed by atoms with Gasteiger partial charge in [-0.15, -0.1) is 0 Å². The Morgan fingerprint density at radius 2 is 1.76 bits per heavy atom. The van der Waals surface area contributed by atoms with E-state index in [9.17, 15) is 14.7 Å². The zero-order valence-electron chi connectivity index (χ0n) is 24.1. The molecule has 1 atom stereocenters. The van der Waals surface area contributed by atoms with Crippen molar-refractivity contribution in [1.29, 1.82) is 0 Å². The number of carbonyl (C=O) groups excluding carboxylic acids is 1. The van der Waals surface area contributed by atoms with Gasteiger partial charge in [0.15, 0.2) is 5.65 Å². The fourth-order valence-electron chi connectivity index (χ4n) is 5.46. The van der Waals surface area contributed by atoms with Gasteiger partial charge in [0.05, 0.1) is 6.54 Å². The minimum absolute atomic E-state index is 0.0802. The molecule has 3 N–H and O–H groups in total. The van der Waals surface area contributed by atoms with E-state index in [1.165, 1.54) is 19.3 Å². The zero-order chi connectivity index (χ0) is 29.3. The number of anilines is 1. The van der Waals surface area contributed by atoms with Gasteiger partial charge in [-0.25, -0.2) is 14.8 Å². The van der Waals surface area contributed by atoms with E-state index in [0.717, 1.165) is 48.2 Å². The molecule has 1 fully saturated rings. The summed E-state index contributed by atoms with van der Waals surface area (Å²) >= 11 is 0. The van der Waals surface area contributed by atoms with Crippen molar-refractivity contribution in [2.24, 2.45) is 0 Å². The highest BCUT2D eigenvalue weighted by Gasteiger charge is 2.22. The van der Waals surface area contributed by atoms with Crippen LogP contribution in [0.2, 0.25) is 0 Å². The molecule has 2 aromatic carbocycles. The molecule has 220 valence electrons. The second-order valence-corrected chi connectivity index (χ2v) is 10.9. The Bertz CT molecular complexity index is 1480. The van der Waals surface area contributed by atoms with E-state index in [2.05, 4.69) is 22.1 Å². The number of hydrogen-bond acceptors (Lipinski definition) is 6. The number of pyridine rings is 1. The van der Waals surface area contributed by atoms with Crippen LogP contribution in [0.15, 0.2) is 66.7 Å². The van der Waals surface area contributed by atoms with Crippen molar-refractivity contribution < 1.29 is 19.4 Å². The number of rotatable bonds is 13. The average molecular weight is 570 g/mol. The number of carboxylic acids is 1. The molecule has 0 bridgehead atoms. The second kappa shape index (κ2) is 14.0. The van der Waals surface area contributed by atoms with Gasteiger partial charge < -0.3 is 25.0 Å². The first-order valence-electron chi connectivity index (χ1n) is 14.9. The van der Waals surface area contributed by atoms with Crippen LogP contribution in [0.5, 0.6) is 5.75 Å². The Kier molecular flexibility index (Phi) is 9.69. The van der Waals surface area contributed by atoms with Crippen LogP contribution in [-0.2, 0) is 22.6 Å². The van der Waals surface area contributed by atoms with Gasteiger partial charge in [0.2, 0.25) is 12.0 Å². The quantitative estimate of drug-likeness (QED) is 0.184. The molecule has 5 rings (SSSR count). The number of aliphatic carboxylic acids is 1. The molecule has 2 aromatic heterocycles. The minimum Gasteiger partial charge on any atom is -0.478 e. The smallest absolute Gasteiger partial charge is 0.349 e. The van der Waals surface area contributed by atoms with Crippen LogP contribution >= 0.6 is 0 Å². The third-order valence-corrected chi connectivity index (χ3v) is 7.62. The van der Waals surface area contributed by atoms with Crippen LogP contribution in [0.1, 0.15) is 74.9 Å². The Hall–Kier alpha value is -4.40. The summed E-state index contributed by atoms with van der Waals surface area (Å²) in [5.74, 6) is 1.19. The van der Waals surface area contributed by atoms with Crippen molar-refractivity contribution in [3.63, 3.8) is 0 Å². The third-order valence-electron chi connectivity index (χ3n) is 7.62. The van der Waals surface area contributed by atoms with Gasteiger partial charge in [-0.3, -0.25) is 4.79 Å². The summed E-state index contributed by atoms with van der Waals surface area (Å²) in [6.45, 7) is 3.20. The molecule has 42 heavy (non-hydrogen) atoms. The average Bonchev–Trinajstić information content (AvgIpc) is 3.33. The van der Waals surface area contributed by atoms with Crippen molar-refractivity contribution in [2.45, 2.75) is 77.0 Å². The number of carboxylic acid groups (broad SMARTS) is 1. The van der Waals surface area contributed by atoms with Crippen molar-refractivity contribution >= 4 is 28.9 Å². The molecule has 1 saturated carbocycles. The minimum atomic E-state index is -1.08. The monoisotopic (exact) mass is 569 g/mol. The van der Waals surface area contributed by atoms with Gasteiger partial charge in [-0.1, -0.05) is 68.7 Å². The molecule has 0 radical (unpaired) electrons. The van der Waals surface area contributed by atoms with Crippen molar-refractivity contribution in [3.05, 3.63) is 83.7 Å². The number of ether oxygens (including phenoxy) is 1. The van der Waals surface area contributed by atoms with E-state index in [-0.39, 0.29) is 5.91 Å². The maximum Gasteiger partial charge on any atom is 0.349 e. The predicted molar refractivity (Wildman–Crippen MR) is 163 cm³/mol. The molecule has 0 aliphatic heterocycles. The summed E-state index contributed by atoms with van der Waals surface area (Å²) in [6, 6.07) is 20.6. The van der Waals surface area contributed by atoms with Gasteiger partial charge in [0.1, 0.15) is 22.9 Å². The Balaban J connectivity index is 1.26. The summed E-state index contributed by atoms with van der Waals surface area (Å²) in [6.07, 6.45) is 6.89. The number of hydrogen-bond donors (Lipinski definition) is 3. The molecule has 1 aliphatic carbocycles. The number of aromatic nitrogens is 3. The number of benzene rings is 2. The normalized spacial score (nSPS) is 14.4. The highest BCUT2D eigenvalue weighted by Crippen LogP contribution is 2.25. The number of nitrogens with zero attached hydrogens (tertiary/aromatic N) is 3. The largest absolute Gasteiger partial charge is 0.478 e. The van der Waals surface area contributed by atoms with Crippen LogP contribution in [0.3, 0.4) is 0 Å². The Morgan fingerprint density at radius 3 is 2.48 bits per heavy atom. The van der Waals surface area contributed by atoms with Crippen molar-refractivity contribution in [1.82, 2.24) is 19.9 Å². The number of fused-ring (bicyclic) bond motifs is 1. The molecule has 2 heterocycles. The van der Waals surface area contributed by atoms with E-state index < -0.39 is 12.1 Å². The van der Waals surface area contributed by atoms with Crippen LogP contribution in [0, 0.1) is 0 Å². The van der Waals surface area contributed by atoms with Crippen molar-refractivity contribution in [2.75, 3.05) is 11.9 Å². The highest BCUT2D eigenvalue weighted by molar-refractivity contribution is 5.77. The fraction of sp³-hybridized carbons (Fsp3) is 0.394. The number of imidazole rings is 1. The number of amides is 1. The number of aryl methyl sites for hydroxylation is 1. The van der Waals surface area contributed by atoms with E-state index in [0.29, 0.717) is 42.7 Å². The molecule has 0 saturated heterocycles. The predicted octanol–water partition coefficient (Wildman–Crippen LogP) is 5.89. The molecule has 1 unspecified atom stereocenters. The molecule has 1 amide bonds. The summed E-state index contributed by atoms with van der Waals surface area (Å²) in [5, 5.41) is 16.2.